The van der Waals surface area contributed by atoms with Gasteiger partial charge >= 0.3 is 0 Å². The zero-order chi connectivity index (χ0) is 9.14. The van der Waals surface area contributed by atoms with Gasteiger partial charge in [-0.15, -0.1) is 4.91 Å². The van der Waals surface area contributed by atoms with Crippen LogP contribution in [-0.4, -0.2) is 5.78 Å². The average Bonchev–Trinajstić information content (AvgIpc) is 2.03. The van der Waals surface area contributed by atoms with E-state index in [2.05, 4.69) is 5.18 Å². The van der Waals surface area contributed by atoms with Crippen molar-refractivity contribution < 1.29 is 9.18 Å². The van der Waals surface area contributed by atoms with Crippen molar-refractivity contribution in [1.82, 2.24) is 0 Å². The first-order valence-corrected chi connectivity index (χ1v) is 3.29. The van der Waals surface area contributed by atoms with Crippen molar-refractivity contribution in [3.05, 3.63) is 34.5 Å². The first-order chi connectivity index (χ1) is 5.65. The van der Waals surface area contributed by atoms with E-state index >= 15 is 0 Å². The predicted octanol–water partition coefficient (Wildman–Crippen LogP) is 2.43. The van der Waals surface area contributed by atoms with Crippen molar-refractivity contribution in [1.29, 1.82) is 0 Å². The largest absolute Gasteiger partial charge is 0.294 e. The van der Waals surface area contributed by atoms with E-state index < -0.39 is 5.82 Å². The van der Waals surface area contributed by atoms with E-state index in [1.165, 1.54) is 13.0 Å². The SMILES string of the molecule is CC(=O)c1ccc(F)cc1N=O. The number of halogens is 1. The number of nitroso groups, excluding NO2 is 1. The second-order valence-electron chi connectivity index (χ2n) is 2.31. The number of carbonyl (C=O) groups is 1. The van der Waals surface area contributed by atoms with Gasteiger partial charge in [0.1, 0.15) is 11.5 Å². The van der Waals surface area contributed by atoms with E-state index in [0.717, 1.165) is 12.1 Å². The Labute approximate surface area is 68.2 Å². The van der Waals surface area contributed by atoms with E-state index in [1.807, 2.05) is 0 Å². The molecule has 62 valence electrons. The van der Waals surface area contributed by atoms with E-state index in [1.54, 1.807) is 0 Å². The molecule has 0 radical (unpaired) electrons. The highest BCUT2D eigenvalue weighted by atomic mass is 19.1. The fourth-order valence-corrected chi connectivity index (χ4v) is 0.878. The van der Waals surface area contributed by atoms with Crippen LogP contribution in [0.3, 0.4) is 0 Å². The molecule has 0 aliphatic rings. The smallest absolute Gasteiger partial charge is 0.162 e. The summed E-state index contributed by atoms with van der Waals surface area (Å²) in [6.07, 6.45) is 0. The standard InChI is InChI=1S/C8H6FNO2/c1-5(11)7-3-2-6(9)4-8(7)10-12/h2-4H,1H3. The molecule has 0 fully saturated rings. The Balaban J connectivity index is 3.29. The summed E-state index contributed by atoms with van der Waals surface area (Å²) in [5.41, 5.74) is -0.00565. The van der Waals surface area contributed by atoms with E-state index in [-0.39, 0.29) is 17.0 Å². The third-order valence-corrected chi connectivity index (χ3v) is 1.44. The molecular weight excluding hydrogens is 161 g/mol. The lowest BCUT2D eigenvalue weighted by molar-refractivity contribution is 0.101. The molecule has 0 amide bonds. The minimum absolute atomic E-state index is 0.145. The lowest BCUT2D eigenvalue weighted by Crippen LogP contribution is -1.92. The second-order valence-corrected chi connectivity index (χ2v) is 2.31. The minimum Gasteiger partial charge on any atom is -0.294 e. The Morgan fingerprint density at radius 2 is 2.17 bits per heavy atom. The number of benzene rings is 1. The summed E-state index contributed by atoms with van der Waals surface area (Å²) in [6, 6.07) is 3.30. The monoisotopic (exact) mass is 167 g/mol. The quantitative estimate of drug-likeness (QED) is 0.501. The molecule has 0 saturated carbocycles. The molecular formula is C8H6FNO2. The number of hydrogen-bond acceptors (Lipinski definition) is 3. The zero-order valence-corrected chi connectivity index (χ0v) is 6.37. The van der Waals surface area contributed by atoms with Crippen molar-refractivity contribution in [2.45, 2.75) is 6.92 Å². The number of carbonyl (C=O) groups excluding carboxylic acids is 1. The third kappa shape index (κ3) is 1.53. The van der Waals surface area contributed by atoms with Crippen molar-refractivity contribution >= 4 is 11.5 Å². The number of hydrogen-bond donors (Lipinski definition) is 0. The third-order valence-electron chi connectivity index (χ3n) is 1.44. The fraction of sp³-hybridized carbons (Fsp3) is 0.125. The van der Waals surface area contributed by atoms with Gasteiger partial charge in [0.05, 0.1) is 0 Å². The van der Waals surface area contributed by atoms with E-state index in [0.29, 0.717) is 0 Å². The first-order valence-electron chi connectivity index (χ1n) is 3.29. The summed E-state index contributed by atoms with van der Waals surface area (Å²) in [5.74, 6) is -0.876. The lowest BCUT2D eigenvalue weighted by atomic mass is 10.1. The Kier molecular flexibility index (Phi) is 2.28. The van der Waals surface area contributed by atoms with Crippen LogP contribution in [0.1, 0.15) is 17.3 Å². The number of rotatable bonds is 2. The van der Waals surface area contributed by atoms with Crippen LogP contribution in [0.2, 0.25) is 0 Å². The average molecular weight is 167 g/mol. The van der Waals surface area contributed by atoms with Crippen LogP contribution in [0, 0.1) is 10.7 Å². The molecule has 1 aromatic carbocycles. The van der Waals surface area contributed by atoms with Gasteiger partial charge in [-0.3, -0.25) is 4.79 Å². The van der Waals surface area contributed by atoms with Crippen LogP contribution >= 0.6 is 0 Å². The molecule has 0 N–H and O–H groups in total. The summed E-state index contributed by atoms with van der Waals surface area (Å²) in [7, 11) is 0. The van der Waals surface area contributed by atoms with Gasteiger partial charge in [-0.05, 0) is 24.2 Å². The van der Waals surface area contributed by atoms with Crippen LogP contribution in [-0.2, 0) is 0 Å². The summed E-state index contributed by atoms with van der Waals surface area (Å²) in [6.45, 7) is 1.29. The Morgan fingerprint density at radius 1 is 1.50 bits per heavy atom. The van der Waals surface area contributed by atoms with Gasteiger partial charge in [-0.1, -0.05) is 0 Å². The lowest BCUT2D eigenvalue weighted by Gasteiger charge is -1.97. The summed E-state index contributed by atoms with van der Waals surface area (Å²) < 4.78 is 12.5. The molecule has 0 bridgehead atoms. The van der Waals surface area contributed by atoms with Crippen LogP contribution in [0.5, 0.6) is 0 Å². The van der Waals surface area contributed by atoms with Gasteiger partial charge < -0.3 is 0 Å². The summed E-state index contributed by atoms with van der Waals surface area (Å²) in [4.78, 5) is 20.9. The normalized spacial score (nSPS) is 9.50. The maximum absolute atomic E-state index is 12.5. The van der Waals surface area contributed by atoms with E-state index in [4.69, 9.17) is 0 Å². The van der Waals surface area contributed by atoms with Gasteiger partial charge in [-0.25, -0.2) is 4.39 Å². The fourth-order valence-electron chi connectivity index (χ4n) is 0.878. The predicted molar refractivity (Wildman–Crippen MR) is 41.9 cm³/mol. The second kappa shape index (κ2) is 3.21. The highest BCUT2D eigenvalue weighted by Gasteiger charge is 2.07. The van der Waals surface area contributed by atoms with Crippen molar-refractivity contribution in [3.8, 4) is 0 Å². The molecule has 0 heterocycles. The maximum atomic E-state index is 12.5. The van der Waals surface area contributed by atoms with Crippen LogP contribution in [0.4, 0.5) is 10.1 Å². The topological polar surface area (TPSA) is 46.5 Å². The van der Waals surface area contributed by atoms with Gasteiger partial charge in [0, 0.05) is 11.6 Å². The minimum atomic E-state index is -0.574. The number of nitrogens with zero attached hydrogens (tertiary/aromatic N) is 1. The molecule has 1 aromatic rings. The van der Waals surface area contributed by atoms with Crippen LogP contribution in [0.15, 0.2) is 23.4 Å². The van der Waals surface area contributed by atoms with Crippen LogP contribution in [0.25, 0.3) is 0 Å². The number of Topliss-reactive ketones (excluding diaryl/α,β-unsaturated/α-hetero) is 1. The molecule has 0 atom stereocenters. The molecule has 0 aliphatic carbocycles. The molecule has 3 nitrogen and oxygen atoms in total. The highest BCUT2D eigenvalue weighted by Crippen LogP contribution is 2.20. The first kappa shape index (κ1) is 8.52. The molecule has 0 unspecified atom stereocenters. The maximum Gasteiger partial charge on any atom is 0.162 e. The molecule has 0 spiro atoms. The molecule has 1 rings (SSSR count). The molecule has 4 heteroatoms. The molecule has 0 saturated heterocycles. The van der Waals surface area contributed by atoms with E-state index in [9.17, 15) is 14.1 Å². The molecule has 12 heavy (non-hydrogen) atoms. The Morgan fingerprint density at radius 3 is 2.67 bits per heavy atom. The van der Waals surface area contributed by atoms with Crippen molar-refractivity contribution in [2.75, 3.05) is 0 Å². The molecule has 0 aromatic heterocycles. The van der Waals surface area contributed by atoms with Gasteiger partial charge in [0.15, 0.2) is 5.78 Å². The van der Waals surface area contributed by atoms with Gasteiger partial charge in [-0.2, -0.15) is 0 Å². The Hall–Kier alpha value is -1.58. The highest BCUT2D eigenvalue weighted by molar-refractivity contribution is 5.98. The van der Waals surface area contributed by atoms with Crippen molar-refractivity contribution in [2.24, 2.45) is 5.18 Å². The van der Waals surface area contributed by atoms with Gasteiger partial charge in [0.2, 0.25) is 0 Å². The zero-order valence-electron chi connectivity index (χ0n) is 6.37. The van der Waals surface area contributed by atoms with Crippen LogP contribution < -0.4 is 0 Å². The number of ketones is 1. The van der Waals surface area contributed by atoms with Gasteiger partial charge in [0.25, 0.3) is 0 Å². The summed E-state index contributed by atoms with van der Waals surface area (Å²) >= 11 is 0. The Bertz CT molecular complexity index is 336. The molecule has 0 aliphatic heterocycles. The van der Waals surface area contributed by atoms with Crippen molar-refractivity contribution in [3.63, 3.8) is 0 Å². The summed E-state index contributed by atoms with van der Waals surface area (Å²) in [5, 5.41) is 2.54.